The number of hydrogen-bond donors (Lipinski definition) is 2. The second-order valence-corrected chi connectivity index (χ2v) is 11.6. The Morgan fingerprint density at radius 1 is 1.09 bits per heavy atom. The summed E-state index contributed by atoms with van der Waals surface area (Å²) >= 11 is 0. The van der Waals surface area contributed by atoms with Crippen LogP contribution in [0.25, 0.3) is 11.1 Å². The Morgan fingerprint density at radius 2 is 2.03 bits per heavy atom. The van der Waals surface area contributed by atoms with Crippen molar-refractivity contribution < 1.29 is 8.95 Å². The van der Waals surface area contributed by atoms with Crippen molar-refractivity contribution in [2.45, 2.75) is 37.3 Å². The van der Waals surface area contributed by atoms with E-state index in [4.69, 9.17) is 4.74 Å². The molecule has 2 saturated heterocycles. The van der Waals surface area contributed by atoms with Crippen molar-refractivity contribution in [3.63, 3.8) is 0 Å². The second-order valence-electron chi connectivity index (χ2n) is 10.2. The number of pyridine rings is 1. The molecule has 2 fully saturated rings. The first-order valence-electron chi connectivity index (χ1n) is 12.5. The molecule has 9 nitrogen and oxygen atoms in total. The van der Waals surface area contributed by atoms with Crippen molar-refractivity contribution >= 4 is 22.6 Å². The number of benzene rings is 1. The van der Waals surface area contributed by atoms with Crippen LogP contribution < -0.4 is 10.1 Å². The maximum absolute atomic E-state index is 13.2. The maximum atomic E-state index is 13.2. The first-order chi connectivity index (χ1) is 17.2. The summed E-state index contributed by atoms with van der Waals surface area (Å²) < 4.78 is 21.3. The number of hydrogen-bond acceptors (Lipinski definition) is 7. The molecule has 4 aliphatic heterocycles. The van der Waals surface area contributed by atoms with E-state index >= 15 is 0 Å². The lowest BCUT2D eigenvalue weighted by atomic mass is 9.81. The van der Waals surface area contributed by atoms with E-state index in [2.05, 4.69) is 42.5 Å². The monoisotopic (exact) mass is 491 g/mol. The Balaban J connectivity index is 1.26. The molecule has 0 amide bonds. The Kier molecular flexibility index (Phi) is 5.14. The van der Waals surface area contributed by atoms with E-state index in [1.165, 1.54) is 11.1 Å². The Labute approximate surface area is 206 Å². The highest BCUT2D eigenvalue weighted by Crippen LogP contribution is 2.42. The SMILES string of the molecule is O=S1c2nc(n[nH]2)Nc2c(ccc3c2CCC3)-c2ccnc(c2)OCCCN2CCC3(C2)CN1C3. The molecular weight excluding hydrogens is 462 g/mol. The zero-order valence-corrected chi connectivity index (χ0v) is 20.4. The van der Waals surface area contributed by atoms with E-state index in [0.717, 1.165) is 81.6 Å². The first-order valence-corrected chi connectivity index (χ1v) is 13.6. The van der Waals surface area contributed by atoms with Gasteiger partial charge >= 0.3 is 0 Å². The van der Waals surface area contributed by atoms with E-state index in [1.807, 2.05) is 22.6 Å². The van der Waals surface area contributed by atoms with Crippen molar-refractivity contribution in [3.05, 3.63) is 41.6 Å². The van der Waals surface area contributed by atoms with Crippen LogP contribution in [0.3, 0.4) is 0 Å². The van der Waals surface area contributed by atoms with E-state index in [9.17, 15) is 4.21 Å². The lowest BCUT2D eigenvalue weighted by molar-refractivity contribution is 0.0817. The summed E-state index contributed by atoms with van der Waals surface area (Å²) in [5.74, 6) is 1.09. The van der Waals surface area contributed by atoms with Crippen LogP contribution in [0.2, 0.25) is 0 Å². The van der Waals surface area contributed by atoms with Gasteiger partial charge in [-0.3, -0.25) is 0 Å². The van der Waals surface area contributed by atoms with Gasteiger partial charge in [-0.15, -0.1) is 5.10 Å². The smallest absolute Gasteiger partial charge is 0.247 e. The van der Waals surface area contributed by atoms with Crippen LogP contribution >= 0.6 is 0 Å². The first kappa shape index (κ1) is 21.5. The highest BCUT2D eigenvalue weighted by atomic mass is 32.2. The number of fused-ring (bicyclic) bond motifs is 4. The average Bonchev–Trinajstić information content (AvgIpc) is 3.60. The number of rotatable bonds is 0. The molecule has 7 bridgehead atoms. The van der Waals surface area contributed by atoms with Crippen LogP contribution in [0.1, 0.15) is 30.4 Å². The molecule has 2 unspecified atom stereocenters. The summed E-state index contributed by atoms with van der Waals surface area (Å²) in [7, 11) is -1.33. The lowest BCUT2D eigenvalue weighted by Gasteiger charge is -2.46. The van der Waals surface area contributed by atoms with Gasteiger partial charge in [-0.2, -0.15) is 4.98 Å². The van der Waals surface area contributed by atoms with Gasteiger partial charge in [0.15, 0.2) is 11.0 Å². The second kappa shape index (κ2) is 8.39. The van der Waals surface area contributed by atoms with Gasteiger partial charge in [0, 0.05) is 49.4 Å². The number of aromatic amines is 1. The Hall–Kier alpha value is -2.82. The number of aryl methyl sites for hydroxylation is 1. The van der Waals surface area contributed by atoms with Crippen molar-refractivity contribution in [2.24, 2.45) is 5.41 Å². The molecule has 1 aliphatic carbocycles. The van der Waals surface area contributed by atoms with Crippen LogP contribution in [0, 0.1) is 5.41 Å². The summed E-state index contributed by atoms with van der Waals surface area (Å²) in [5, 5.41) is 11.2. The van der Waals surface area contributed by atoms with Gasteiger partial charge in [0.05, 0.1) is 12.3 Å². The van der Waals surface area contributed by atoms with E-state index < -0.39 is 11.0 Å². The standard InChI is InChI=1S/C25H29N7O2S/c33-35-24-28-23(29-30-24)27-22-19-4-1-3-17(19)5-6-20(22)18-7-9-26-21(13-18)34-12-2-10-31-11-8-25(14-31)15-32(35)16-25/h5-7,9,13H,1-4,8,10-12,14-16H2,(H2,27,28,29,30). The molecule has 8 rings (SSSR count). The predicted molar refractivity (Wildman–Crippen MR) is 133 cm³/mol. The number of H-pyrrole nitrogens is 1. The zero-order valence-electron chi connectivity index (χ0n) is 19.6. The summed E-state index contributed by atoms with van der Waals surface area (Å²) in [6.45, 7) is 5.47. The summed E-state index contributed by atoms with van der Waals surface area (Å²) in [6, 6.07) is 8.41. The van der Waals surface area contributed by atoms with E-state index in [0.29, 0.717) is 23.6 Å². The third-order valence-electron chi connectivity index (χ3n) is 7.84. The van der Waals surface area contributed by atoms with Crippen molar-refractivity contribution in [1.29, 1.82) is 0 Å². The normalized spacial score (nSPS) is 29.4. The predicted octanol–water partition coefficient (Wildman–Crippen LogP) is 2.91. The highest BCUT2D eigenvalue weighted by molar-refractivity contribution is 7.82. The fraction of sp³-hybridized carbons (Fsp3) is 0.480. The van der Waals surface area contributed by atoms with Crippen LogP contribution in [-0.2, 0) is 23.8 Å². The lowest BCUT2D eigenvalue weighted by Crippen LogP contribution is -2.57. The van der Waals surface area contributed by atoms with Gasteiger partial charge in [0.25, 0.3) is 0 Å². The maximum Gasteiger partial charge on any atom is 0.247 e. The number of anilines is 2. The van der Waals surface area contributed by atoms with Gasteiger partial charge in [-0.25, -0.2) is 18.6 Å². The van der Waals surface area contributed by atoms with Gasteiger partial charge in [0.1, 0.15) is 0 Å². The molecule has 5 aliphatic rings. The van der Waals surface area contributed by atoms with Gasteiger partial charge in [0.2, 0.25) is 17.0 Å². The molecule has 2 aromatic heterocycles. The molecule has 1 spiro atoms. The fourth-order valence-corrected chi connectivity index (χ4v) is 7.40. The van der Waals surface area contributed by atoms with E-state index in [-0.39, 0.29) is 5.41 Å². The molecule has 0 radical (unpaired) electrons. The van der Waals surface area contributed by atoms with Crippen molar-refractivity contribution in [3.8, 4) is 17.0 Å². The Bertz CT molecular complexity index is 1300. The molecule has 2 atom stereocenters. The molecule has 10 heteroatoms. The fourth-order valence-electron chi connectivity index (χ4n) is 6.08. The molecular formula is C25H29N7O2S. The quantitative estimate of drug-likeness (QED) is 0.499. The van der Waals surface area contributed by atoms with Crippen LogP contribution in [0.5, 0.6) is 5.88 Å². The number of nitrogens with one attached hydrogen (secondary N) is 2. The molecule has 6 heterocycles. The molecule has 2 N–H and O–H groups in total. The average molecular weight is 492 g/mol. The van der Waals surface area contributed by atoms with Gasteiger partial charge in [-0.1, -0.05) is 12.1 Å². The van der Waals surface area contributed by atoms with Crippen molar-refractivity contribution in [1.82, 2.24) is 29.4 Å². The molecule has 0 saturated carbocycles. The van der Waals surface area contributed by atoms with Crippen LogP contribution in [0.15, 0.2) is 35.6 Å². The van der Waals surface area contributed by atoms with Crippen molar-refractivity contribution in [2.75, 3.05) is 44.6 Å². The number of aromatic nitrogens is 4. The third-order valence-corrected chi connectivity index (χ3v) is 9.08. The summed E-state index contributed by atoms with van der Waals surface area (Å²) in [6.07, 6.45) is 7.14. The highest BCUT2D eigenvalue weighted by Gasteiger charge is 2.49. The van der Waals surface area contributed by atoms with E-state index in [1.54, 1.807) is 0 Å². The largest absolute Gasteiger partial charge is 0.478 e. The topological polar surface area (TPSA) is 99.3 Å². The van der Waals surface area contributed by atoms with Crippen LogP contribution in [-0.4, -0.2) is 72.9 Å². The molecule has 3 aromatic rings. The third kappa shape index (κ3) is 3.84. The van der Waals surface area contributed by atoms with Gasteiger partial charge < -0.3 is 15.0 Å². The minimum Gasteiger partial charge on any atom is -0.478 e. The molecule has 182 valence electrons. The van der Waals surface area contributed by atoms with Gasteiger partial charge in [-0.05, 0) is 61.4 Å². The Morgan fingerprint density at radius 3 is 2.97 bits per heavy atom. The zero-order chi connectivity index (χ0) is 23.4. The summed E-state index contributed by atoms with van der Waals surface area (Å²) in [4.78, 5) is 11.6. The molecule has 1 aromatic carbocycles. The van der Waals surface area contributed by atoms with Crippen LogP contribution in [0.4, 0.5) is 11.6 Å². The minimum atomic E-state index is -1.33. The summed E-state index contributed by atoms with van der Waals surface area (Å²) in [5.41, 5.74) is 6.02. The minimum absolute atomic E-state index is 0.246. The number of nitrogens with zero attached hydrogens (tertiary/aromatic N) is 5. The number of ether oxygens (including phenoxy) is 1. The molecule has 35 heavy (non-hydrogen) atoms.